The van der Waals surface area contributed by atoms with Crippen molar-refractivity contribution in [3.05, 3.63) is 6.92 Å². The van der Waals surface area contributed by atoms with Crippen LogP contribution < -0.4 is 0 Å². The van der Waals surface area contributed by atoms with Crippen molar-refractivity contribution in [2.24, 2.45) is 0 Å². The van der Waals surface area contributed by atoms with Crippen LogP contribution in [0.4, 0.5) is 0 Å². The molecular formula is C6H13BrO4P. The smallest absolute Gasteiger partial charge is 0.287 e. The average molecular weight is 260 g/mol. The summed E-state index contributed by atoms with van der Waals surface area (Å²) in [6.45, 7) is 5.76. The predicted molar refractivity (Wildman–Crippen MR) is 50.3 cm³/mol. The highest BCUT2D eigenvalue weighted by atomic mass is 79.9. The maximum absolute atomic E-state index is 11.4. The van der Waals surface area contributed by atoms with E-state index < -0.39 is 7.82 Å². The van der Waals surface area contributed by atoms with Crippen LogP contribution in [0.5, 0.6) is 0 Å². The van der Waals surface area contributed by atoms with Crippen molar-refractivity contribution >= 4 is 23.8 Å². The summed E-state index contributed by atoms with van der Waals surface area (Å²) in [7, 11) is -3.33. The molecule has 12 heavy (non-hydrogen) atoms. The number of alkyl halides is 1. The van der Waals surface area contributed by atoms with Gasteiger partial charge in [0.05, 0.1) is 19.8 Å². The van der Waals surface area contributed by atoms with Crippen LogP contribution in [0.15, 0.2) is 0 Å². The lowest BCUT2D eigenvalue weighted by Crippen LogP contribution is -2.01. The number of phosphoric acid groups is 1. The third-order valence-electron chi connectivity index (χ3n) is 0.863. The highest BCUT2D eigenvalue weighted by Crippen LogP contribution is 2.48. The van der Waals surface area contributed by atoms with E-state index in [1.54, 1.807) is 6.92 Å². The first-order chi connectivity index (χ1) is 5.68. The standard InChI is InChI=1S/C6H13BrO4P/c1-3-9-12(8,10-4-2)11-6-5-7/h1,3-6H2,2H3. The molecule has 4 nitrogen and oxygen atoms in total. The van der Waals surface area contributed by atoms with Crippen molar-refractivity contribution in [1.82, 2.24) is 0 Å². The Labute approximate surface area is 81.3 Å². The molecule has 0 aromatic carbocycles. The minimum absolute atomic E-state index is 0.0690. The zero-order valence-electron chi connectivity index (χ0n) is 6.99. The summed E-state index contributed by atoms with van der Waals surface area (Å²) < 4.78 is 25.9. The second kappa shape index (κ2) is 7.04. The van der Waals surface area contributed by atoms with E-state index in [1.807, 2.05) is 0 Å². The molecule has 0 N–H and O–H groups in total. The van der Waals surface area contributed by atoms with Gasteiger partial charge in [0, 0.05) is 5.33 Å². The Balaban J connectivity index is 3.90. The van der Waals surface area contributed by atoms with Gasteiger partial charge in [0.2, 0.25) is 0 Å². The first-order valence-electron chi connectivity index (χ1n) is 3.57. The third kappa shape index (κ3) is 5.27. The highest BCUT2D eigenvalue weighted by molar-refractivity contribution is 9.09. The summed E-state index contributed by atoms with van der Waals surface area (Å²) >= 11 is 3.13. The SMILES string of the molecule is [CH2]COP(=O)(OCC)OCCBr. The molecule has 0 aliphatic heterocycles. The van der Waals surface area contributed by atoms with Gasteiger partial charge in [0.25, 0.3) is 0 Å². The number of phosphoric ester groups is 1. The van der Waals surface area contributed by atoms with E-state index >= 15 is 0 Å². The first kappa shape index (κ1) is 12.6. The zero-order chi connectivity index (χ0) is 9.45. The van der Waals surface area contributed by atoms with Gasteiger partial charge in [0.15, 0.2) is 0 Å². The molecule has 0 aliphatic rings. The van der Waals surface area contributed by atoms with E-state index in [2.05, 4.69) is 22.9 Å². The fraction of sp³-hybridized carbons (Fsp3) is 0.833. The highest BCUT2D eigenvalue weighted by Gasteiger charge is 2.24. The molecule has 1 unspecified atom stereocenters. The van der Waals surface area contributed by atoms with Crippen molar-refractivity contribution in [2.75, 3.05) is 25.2 Å². The Morgan fingerprint density at radius 2 is 2.08 bits per heavy atom. The van der Waals surface area contributed by atoms with E-state index in [1.165, 1.54) is 0 Å². The number of hydrogen-bond acceptors (Lipinski definition) is 4. The van der Waals surface area contributed by atoms with Gasteiger partial charge in [-0.25, -0.2) is 4.57 Å². The molecular weight excluding hydrogens is 247 g/mol. The summed E-state index contributed by atoms with van der Waals surface area (Å²) in [5.74, 6) is 0. The summed E-state index contributed by atoms with van der Waals surface area (Å²) in [5.41, 5.74) is 0. The lowest BCUT2D eigenvalue weighted by Gasteiger charge is -2.15. The van der Waals surface area contributed by atoms with Crippen molar-refractivity contribution in [3.63, 3.8) is 0 Å². The third-order valence-corrected chi connectivity index (χ3v) is 2.76. The second-order valence-electron chi connectivity index (χ2n) is 1.72. The van der Waals surface area contributed by atoms with Gasteiger partial charge in [-0.15, -0.1) is 0 Å². The summed E-state index contributed by atoms with van der Waals surface area (Å²) in [6, 6.07) is 0. The van der Waals surface area contributed by atoms with Gasteiger partial charge in [-0.2, -0.15) is 0 Å². The van der Waals surface area contributed by atoms with Gasteiger partial charge in [-0.1, -0.05) is 15.9 Å². The van der Waals surface area contributed by atoms with Crippen LogP contribution in [-0.4, -0.2) is 25.2 Å². The molecule has 73 valence electrons. The quantitative estimate of drug-likeness (QED) is 0.520. The second-order valence-corrected chi connectivity index (χ2v) is 4.18. The molecule has 0 spiro atoms. The van der Waals surface area contributed by atoms with Gasteiger partial charge >= 0.3 is 7.82 Å². The summed E-state index contributed by atoms with van der Waals surface area (Å²) in [6.07, 6.45) is 0. The van der Waals surface area contributed by atoms with Crippen molar-refractivity contribution in [1.29, 1.82) is 0 Å². The zero-order valence-corrected chi connectivity index (χ0v) is 9.47. The van der Waals surface area contributed by atoms with Gasteiger partial charge in [0.1, 0.15) is 0 Å². The molecule has 0 amide bonds. The lowest BCUT2D eigenvalue weighted by atomic mass is 10.9. The largest absolute Gasteiger partial charge is 0.474 e. The van der Waals surface area contributed by atoms with Crippen LogP contribution in [0.25, 0.3) is 0 Å². The van der Waals surface area contributed by atoms with Crippen LogP contribution in [-0.2, 0) is 18.1 Å². The lowest BCUT2D eigenvalue weighted by molar-refractivity contribution is 0.131. The molecule has 0 bridgehead atoms. The van der Waals surface area contributed by atoms with E-state index in [-0.39, 0.29) is 13.2 Å². The Bertz CT molecular complexity index is 142. The van der Waals surface area contributed by atoms with Crippen molar-refractivity contribution in [2.45, 2.75) is 6.92 Å². The Kier molecular flexibility index (Phi) is 7.38. The van der Waals surface area contributed by atoms with Crippen LogP contribution in [0.2, 0.25) is 0 Å². The van der Waals surface area contributed by atoms with E-state index in [0.717, 1.165) is 0 Å². The van der Waals surface area contributed by atoms with E-state index in [4.69, 9.17) is 13.6 Å². The topological polar surface area (TPSA) is 44.8 Å². The van der Waals surface area contributed by atoms with Gasteiger partial charge in [-0.05, 0) is 13.8 Å². The maximum Gasteiger partial charge on any atom is 0.474 e. The van der Waals surface area contributed by atoms with Crippen LogP contribution in [0, 0.1) is 6.92 Å². The molecule has 0 aromatic heterocycles. The Morgan fingerprint density at radius 3 is 2.50 bits per heavy atom. The molecule has 6 heteroatoms. The predicted octanol–water partition coefficient (Wildman–Crippen LogP) is 2.39. The Morgan fingerprint density at radius 1 is 1.42 bits per heavy atom. The van der Waals surface area contributed by atoms with Crippen LogP contribution in [0.3, 0.4) is 0 Å². The monoisotopic (exact) mass is 259 g/mol. The average Bonchev–Trinajstić information content (AvgIpc) is 2.02. The minimum Gasteiger partial charge on any atom is -0.287 e. The maximum atomic E-state index is 11.4. The normalized spacial score (nSPS) is 11.9. The van der Waals surface area contributed by atoms with E-state index in [0.29, 0.717) is 11.9 Å². The fourth-order valence-electron chi connectivity index (χ4n) is 0.528. The Hall–Kier alpha value is 0.590. The number of halogens is 1. The van der Waals surface area contributed by atoms with Gasteiger partial charge in [-0.3, -0.25) is 13.6 Å². The molecule has 1 radical (unpaired) electrons. The molecule has 1 atom stereocenters. The fourth-order valence-corrected chi connectivity index (χ4v) is 2.02. The summed E-state index contributed by atoms with van der Waals surface area (Å²) in [4.78, 5) is 0. The van der Waals surface area contributed by atoms with Crippen molar-refractivity contribution < 1.29 is 18.1 Å². The first-order valence-corrected chi connectivity index (χ1v) is 6.15. The molecule has 0 fully saturated rings. The number of hydrogen-bond donors (Lipinski definition) is 0. The van der Waals surface area contributed by atoms with Gasteiger partial charge < -0.3 is 0 Å². The van der Waals surface area contributed by atoms with Crippen molar-refractivity contribution in [3.8, 4) is 0 Å². The molecule has 0 saturated carbocycles. The van der Waals surface area contributed by atoms with E-state index in [9.17, 15) is 4.57 Å². The molecule has 0 aromatic rings. The minimum atomic E-state index is -3.33. The number of rotatable bonds is 7. The molecule has 0 heterocycles. The molecule has 0 rings (SSSR count). The molecule has 0 saturated heterocycles. The van der Waals surface area contributed by atoms with Crippen LogP contribution in [0.1, 0.15) is 6.92 Å². The molecule has 0 aliphatic carbocycles. The summed E-state index contributed by atoms with van der Waals surface area (Å²) in [5, 5.41) is 0.588. The van der Waals surface area contributed by atoms with Crippen LogP contribution >= 0.6 is 23.8 Å².